The number of hydrazine groups is 1. The van der Waals surface area contributed by atoms with Crippen molar-refractivity contribution in [2.24, 2.45) is 11.8 Å². The Kier molecular flexibility index (Phi) is 5.90. The molecular formula is C14H31N3. The summed E-state index contributed by atoms with van der Waals surface area (Å²) in [5.41, 5.74) is 3.39. The van der Waals surface area contributed by atoms with Gasteiger partial charge in [0.1, 0.15) is 0 Å². The molecule has 102 valence electrons. The molecular weight excluding hydrogens is 210 g/mol. The summed E-state index contributed by atoms with van der Waals surface area (Å²) in [5, 5.41) is 0. The van der Waals surface area contributed by atoms with Gasteiger partial charge in [0.15, 0.2) is 0 Å². The largest absolute Gasteiger partial charge is 0.302 e. The monoisotopic (exact) mass is 241 g/mol. The van der Waals surface area contributed by atoms with E-state index in [1.54, 1.807) is 0 Å². The number of nitrogens with two attached hydrogens (primary N) is 1. The zero-order valence-corrected chi connectivity index (χ0v) is 12.1. The Hall–Kier alpha value is -0.120. The standard InChI is InChI=1S/C14H31N3/c1-12(2)8-9-13(16-15)14(17(3)4)10-6-5-7-11-14/h12-13,16H,5-11,15H2,1-4H3. The van der Waals surface area contributed by atoms with E-state index >= 15 is 0 Å². The van der Waals surface area contributed by atoms with Crippen molar-refractivity contribution in [1.82, 2.24) is 10.3 Å². The molecule has 3 N–H and O–H groups in total. The van der Waals surface area contributed by atoms with Crippen LogP contribution in [0, 0.1) is 5.92 Å². The maximum absolute atomic E-state index is 5.84. The van der Waals surface area contributed by atoms with Crippen molar-refractivity contribution in [2.75, 3.05) is 14.1 Å². The predicted octanol–water partition coefficient (Wildman–Crippen LogP) is 2.52. The zero-order chi connectivity index (χ0) is 12.9. The fourth-order valence-electron chi connectivity index (χ4n) is 3.28. The molecule has 1 aliphatic rings. The van der Waals surface area contributed by atoms with Crippen LogP contribution < -0.4 is 11.3 Å². The van der Waals surface area contributed by atoms with Crippen molar-refractivity contribution in [3.05, 3.63) is 0 Å². The van der Waals surface area contributed by atoms with E-state index in [1.165, 1.54) is 44.9 Å². The van der Waals surface area contributed by atoms with Crippen molar-refractivity contribution in [1.29, 1.82) is 0 Å². The quantitative estimate of drug-likeness (QED) is 0.554. The highest BCUT2D eigenvalue weighted by Crippen LogP contribution is 2.36. The van der Waals surface area contributed by atoms with Gasteiger partial charge in [0.05, 0.1) is 0 Å². The van der Waals surface area contributed by atoms with Gasteiger partial charge in [0.25, 0.3) is 0 Å². The van der Waals surface area contributed by atoms with E-state index in [9.17, 15) is 0 Å². The summed E-state index contributed by atoms with van der Waals surface area (Å²) in [7, 11) is 4.43. The number of nitrogens with one attached hydrogen (secondary N) is 1. The van der Waals surface area contributed by atoms with Gasteiger partial charge >= 0.3 is 0 Å². The van der Waals surface area contributed by atoms with E-state index < -0.39 is 0 Å². The summed E-state index contributed by atoms with van der Waals surface area (Å²) in [6.45, 7) is 4.58. The van der Waals surface area contributed by atoms with Crippen LogP contribution in [0.4, 0.5) is 0 Å². The van der Waals surface area contributed by atoms with Crippen molar-refractivity contribution < 1.29 is 0 Å². The number of hydrogen-bond donors (Lipinski definition) is 2. The lowest BCUT2D eigenvalue weighted by atomic mass is 9.73. The van der Waals surface area contributed by atoms with Gasteiger partial charge in [-0.1, -0.05) is 33.1 Å². The smallest absolute Gasteiger partial charge is 0.0394 e. The lowest BCUT2D eigenvalue weighted by molar-refractivity contribution is 0.0514. The molecule has 0 aromatic heterocycles. The van der Waals surface area contributed by atoms with E-state index in [0.29, 0.717) is 6.04 Å². The zero-order valence-electron chi connectivity index (χ0n) is 12.1. The van der Waals surface area contributed by atoms with Gasteiger partial charge in [-0.15, -0.1) is 0 Å². The molecule has 3 heteroatoms. The normalized spacial score (nSPS) is 22.1. The molecule has 3 nitrogen and oxygen atoms in total. The Morgan fingerprint density at radius 2 is 1.71 bits per heavy atom. The summed E-state index contributed by atoms with van der Waals surface area (Å²) in [5.74, 6) is 6.59. The van der Waals surface area contributed by atoms with Gasteiger partial charge < -0.3 is 4.90 Å². The van der Waals surface area contributed by atoms with Crippen LogP contribution >= 0.6 is 0 Å². The maximum Gasteiger partial charge on any atom is 0.0394 e. The van der Waals surface area contributed by atoms with Gasteiger partial charge in [0, 0.05) is 11.6 Å². The summed E-state index contributed by atoms with van der Waals surface area (Å²) < 4.78 is 0. The third-order valence-electron chi connectivity index (χ3n) is 4.49. The number of likely N-dealkylation sites (N-methyl/N-ethyl adjacent to an activating group) is 1. The first-order valence-corrected chi connectivity index (χ1v) is 7.16. The SMILES string of the molecule is CC(C)CCC(NN)C1(N(C)C)CCCCC1. The molecule has 0 saturated heterocycles. The molecule has 1 unspecified atom stereocenters. The molecule has 0 bridgehead atoms. The van der Waals surface area contributed by atoms with Crippen molar-refractivity contribution >= 4 is 0 Å². The third-order valence-corrected chi connectivity index (χ3v) is 4.49. The van der Waals surface area contributed by atoms with Gasteiger partial charge in [0.2, 0.25) is 0 Å². The van der Waals surface area contributed by atoms with Crippen LogP contribution in [0.15, 0.2) is 0 Å². The second kappa shape index (κ2) is 6.72. The first-order chi connectivity index (χ1) is 8.03. The minimum Gasteiger partial charge on any atom is -0.302 e. The van der Waals surface area contributed by atoms with Crippen molar-refractivity contribution in [2.45, 2.75) is 70.4 Å². The number of rotatable bonds is 6. The van der Waals surface area contributed by atoms with E-state index in [1.807, 2.05) is 0 Å². The molecule has 1 rings (SSSR count). The lowest BCUT2D eigenvalue weighted by Crippen LogP contribution is -2.61. The average molecular weight is 241 g/mol. The van der Waals surface area contributed by atoms with E-state index in [0.717, 1.165) is 5.92 Å². The summed E-state index contributed by atoms with van der Waals surface area (Å²) in [4.78, 5) is 2.41. The highest BCUT2D eigenvalue weighted by atomic mass is 15.3. The lowest BCUT2D eigenvalue weighted by Gasteiger charge is -2.48. The molecule has 0 spiro atoms. The second-order valence-corrected chi connectivity index (χ2v) is 6.25. The Labute approximate surface area is 107 Å². The summed E-state index contributed by atoms with van der Waals surface area (Å²) in [6.07, 6.45) is 9.09. The average Bonchev–Trinajstić information content (AvgIpc) is 2.30. The minimum absolute atomic E-state index is 0.280. The molecule has 0 aliphatic heterocycles. The molecule has 1 saturated carbocycles. The second-order valence-electron chi connectivity index (χ2n) is 6.25. The van der Waals surface area contributed by atoms with Gasteiger partial charge in [-0.3, -0.25) is 11.3 Å². The van der Waals surface area contributed by atoms with E-state index in [4.69, 9.17) is 5.84 Å². The van der Waals surface area contributed by atoms with E-state index in [2.05, 4.69) is 38.3 Å². The highest BCUT2D eigenvalue weighted by Gasteiger charge is 2.40. The van der Waals surface area contributed by atoms with Crippen LogP contribution in [0.1, 0.15) is 58.8 Å². The summed E-state index contributed by atoms with van der Waals surface area (Å²) in [6, 6.07) is 0.431. The van der Waals surface area contributed by atoms with Crippen molar-refractivity contribution in [3.63, 3.8) is 0 Å². The van der Waals surface area contributed by atoms with E-state index in [-0.39, 0.29) is 5.54 Å². The van der Waals surface area contributed by atoms with Crippen LogP contribution in [0.3, 0.4) is 0 Å². The van der Waals surface area contributed by atoms with Gasteiger partial charge in [-0.05, 0) is 45.7 Å². The molecule has 0 amide bonds. The van der Waals surface area contributed by atoms with Crippen molar-refractivity contribution in [3.8, 4) is 0 Å². The molecule has 1 fully saturated rings. The van der Waals surface area contributed by atoms with Crippen LogP contribution in [0.5, 0.6) is 0 Å². The Balaban J connectivity index is 2.71. The number of nitrogens with zero attached hydrogens (tertiary/aromatic N) is 1. The fourth-order valence-corrected chi connectivity index (χ4v) is 3.28. The van der Waals surface area contributed by atoms with Crippen LogP contribution in [0.25, 0.3) is 0 Å². The van der Waals surface area contributed by atoms with Crippen LogP contribution in [-0.2, 0) is 0 Å². The first kappa shape index (κ1) is 14.9. The van der Waals surface area contributed by atoms with Gasteiger partial charge in [-0.25, -0.2) is 0 Å². The number of hydrogen-bond acceptors (Lipinski definition) is 3. The molecule has 0 aromatic carbocycles. The molecule has 0 heterocycles. The fraction of sp³-hybridized carbons (Fsp3) is 1.00. The molecule has 1 atom stereocenters. The highest BCUT2D eigenvalue weighted by molar-refractivity contribution is 4.99. The topological polar surface area (TPSA) is 41.3 Å². The Morgan fingerprint density at radius 3 is 2.12 bits per heavy atom. The van der Waals surface area contributed by atoms with Crippen LogP contribution in [0.2, 0.25) is 0 Å². The minimum atomic E-state index is 0.280. The molecule has 0 radical (unpaired) electrons. The third kappa shape index (κ3) is 3.67. The van der Waals surface area contributed by atoms with Crippen LogP contribution in [-0.4, -0.2) is 30.6 Å². The Bertz CT molecular complexity index is 208. The predicted molar refractivity (Wildman–Crippen MR) is 74.7 cm³/mol. The Morgan fingerprint density at radius 1 is 1.12 bits per heavy atom. The van der Waals surface area contributed by atoms with Gasteiger partial charge in [-0.2, -0.15) is 0 Å². The molecule has 1 aliphatic carbocycles. The molecule has 17 heavy (non-hydrogen) atoms. The summed E-state index contributed by atoms with van der Waals surface area (Å²) >= 11 is 0. The maximum atomic E-state index is 5.84. The molecule has 0 aromatic rings. The first-order valence-electron chi connectivity index (χ1n) is 7.16.